The van der Waals surface area contributed by atoms with E-state index in [1.165, 1.54) is 42.4 Å². The average molecular weight is 493 g/mol. The molecule has 0 N–H and O–H groups in total. The third-order valence-corrected chi connectivity index (χ3v) is 16.1. The molecule has 5 rings (SSSR count). The summed E-state index contributed by atoms with van der Waals surface area (Å²) < 4.78 is 7.20. The summed E-state index contributed by atoms with van der Waals surface area (Å²) in [5.74, 6) is 2.87. The fraction of sp³-hybridized carbons (Fsp3) is 0.719. The van der Waals surface area contributed by atoms with E-state index < -0.39 is 8.32 Å². The van der Waals surface area contributed by atoms with Crippen LogP contribution in [-0.2, 0) is 9.22 Å². The summed E-state index contributed by atoms with van der Waals surface area (Å²) in [6, 6.07) is 9.29. The van der Waals surface area contributed by atoms with Gasteiger partial charge in [-0.3, -0.25) is 4.79 Å². The van der Waals surface area contributed by atoms with Crippen LogP contribution in [0.2, 0.25) is 18.1 Å². The molecule has 3 heteroatoms. The maximum atomic E-state index is 12.5. The lowest BCUT2D eigenvalue weighted by Gasteiger charge is -2.60. The molecule has 4 aliphatic rings. The Morgan fingerprint density at radius 2 is 1.66 bits per heavy atom. The van der Waals surface area contributed by atoms with E-state index in [4.69, 9.17) is 4.43 Å². The lowest BCUT2D eigenvalue weighted by molar-refractivity contribution is -0.123. The van der Waals surface area contributed by atoms with Crippen LogP contribution < -0.4 is 0 Å². The number of carbonyl (C=O) groups excluding carboxylic acids is 1. The van der Waals surface area contributed by atoms with E-state index in [1.807, 2.05) is 0 Å². The molecule has 192 valence electrons. The maximum Gasteiger partial charge on any atom is 0.192 e. The van der Waals surface area contributed by atoms with Crippen molar-refractivity contribution in [3.05, 3.63) is 47.0 Å². The van der Waals surface area contributed by atoms with Crippen LogP contribution in [-0.4, -0.2) is 20.2 Å². The number of carbonyl (C=O) groups is 1. The summed E-state index contributed by atoms with van der Waals surface area (Å²) in [6.07, 6.45) is 10.5. The molecule has 0 heterocycles. The standard InChI is InChI=1S/C32H48O2Si/c1-21-9-11-22(12-10-21)25-20-23-19-24(33)15-17-31(23,5)27-16-18-32(6)26(29(25)27)13-14-28(32)34-35(7,8)30(2,3)4/h9-12,20,25-29H,13-19H2,1-8H3/t25?,26-,27+,28?,29-,31-,32-/m0/s1. The Bertz CT molecular complexity index is 1010. The number of hydrogen-bond donors (Lipinski definition) is 0. The van der Waals surface area contributed by atoms with Crippen LogP contribution in [0.15, 0.2) is 35.9 Å². The summed E-state index contributed by atoms with van der Waals surface area (Å²) in [7, 11) is -1.82. The largest absolute Gasteiger partial charge is 0.413 e. The van der Waals surface area contributed by atoms with Gasteiger partial charge < -0.3 is 4.43 Å². The first-order valence-electron chi connectivity index (χ1n) is 14.2. The van der Waals surface area contributed by atoms with Crippen LogP contribution in [0, 0.1) is 35.5 Å². The van der Waals surface area contributed by atoms with Gasteiger partial charge in [0.2, 0.25) is 0 Å². The zero-order chi connectivity index (χ0) is 25.4. The molecule has 0 aliphatic heterocycles. The van der Waals surface area contributed by atoms with Gasteiger partial charge in [-0.05, 0) is 91.3 Å². The molecule has 0 saturated heterocycles. The summed E-state index contributed by atoms with van der Waals surface area (Å²) >= 11 is 0. The Kier molecular flexibility index (Phi) is 6.12. The van der Waals surface area contributed by atoms with Gasteiger partial charge in [-0.1, -0.05) is 76.1 Å². The van der Waals surface area contributed by atoms with Crippen molar-refractivity contribution in [2.75, 3.05) is 0 Å². The Morgan fingerprint density at radius 1 is 0.971 bits per heavy atom. The first-order valence-corrected chi connectivity index (χ1v) is 17.1. The molecular formula is C32H48O2Si. The molecule has 2 nitrogen and oxygen atoms in total. The van der Waals surface area contributed by atoms with Crippen LogP contribution in [0.1, 0.15) is 96.6 Å². The summed E-state index contributed by atoms with van der Waals surface area (Å²) in [5.41, 5.74) is 4.68. The molecular weight excluding hydrogens is 444 g/mol. The van der Waals surface area contributed by atoms with Gasteiger partial charge in [-0.2, -0.15) is 0 Å². The minimum absolute atomic E-state index is 0.194. The van der Waals surface area contributed by atoms with Crippen molar-refractivity contribution in [2.45, 2.75) is 117 Å². The van der Waals surface area contributed by atoms with Crippen molar-refractivity contribution in [1.29, 1.82) is 0 Å². The van der Waals surface area contributed by atoms with Gasteiger partial charge in [0.25, 0.3) is 0 Å². The smallest absolute Gasteiger partial charge is 0.192 e. The fourth-order valence-electron chi connectivity index (χ4n) is 8.29. The fourth-order valence-corrected chi connectivity index (χ4v) is 9.74. The van der Waals surface area contributed by atoms with E-state index in [1.54, 1.807) is 0 Å². The number of ketones is 1. The molecule has 3 fully saturated rings. The highest BCUT2D eigenvalue weighted by Gasteiger charge is 2.62. The number of hydrogen-bond acceptors (Lipinski definition) is 2. The molecule has 0 bridgehead atoms. The van der Waals surface area contributed by atoms with Crippen LogP contribution in [0.3, 0.4) is 0 Å². The van der Waals surface area contributed by atoms with Gasteiger partial charge in [-0.25, -0.2) is 0 Å². The van der Waals surface area contributed by atoms with Crippen LogP contribution >= 0.6 is 0 Å². The first-order chi connectivity index (χ1) is 16.3. The Morgan fingerprint density at radius 3 is 2.31 bits per heavy atom. The van der Waals surface area contributed by atoms with Gasteiger partial charge in [-0.15, -0.1) is 0 Å². The zero-order valence-electron chi connectivity index (χ0n) is 23.5. The molecule has 2 unspecified atom stereocenters. The van der Waals surface area contributed by atoms with Crippen LogP contribution in [0.4, 0.5) is 0 Å². The molecule has 0 amide bonds. The topological polar surface area (TPSA) is 26.3 Å². The lowest BCUT2D eigenvalue weighted by atomic mass is 9.45. The molecule has 4 aliphatic carbocycles. The first kappa shape index (κ1) is 25.5. The van der Waals surface area contributed by atoms with E-state index in [0.29, 0.717) is 42.0 Å². The van der Waals surface area contributed by atoms with Gasteiger partial charge in [0.1, 0.15) is 5.78 Å². The predicted molar refractivity (Wildman–Crippen MR) is 148 cm³/mol. The van der Waals surface area contributed by atoms with Gasteiger partial charge in [0.05, 0.1) is 6.10 Å². The second-order valence-electron chi connectivity index (χ2n) is 14.5. The number of benzene rings is 1. The van der Waals surface area contributed by atoms with E-state index in [-0.39, 0.29) is 15.9 Å². The maximum absolute atomic E-state index is 12.5. The number of aryl methyl sites for hydroxylation is 1. The van der Waals surface area contributed by atoms with Crippen molar-refractivity contribution < 1.29 is 9.22 Å². The quantitative estimate of drug-likeness (QED) is 0.312. The number of fused-ring (bicyclic) bond motifs is 5. The van der Waals surface area contributed by atoms with E-state index in [0.717, 1.165) is 12.8 Å². The van der Waals surface area contributed by atoms with Crippen molar-refractivity contribution in [3.8, 4) is 0 Å². The predicted octanol–water partition coefficient (Wildman–Crippen LogP) is 8.61. The molecule has 35 heavy (non-hydrogen) atoms. The summed E-state index contributed by atoms with van der Waals surface area (Å²) in [6.45, 7) is 19.2. The second-order valence-corrected chi connectivity index (χ2v) is 19.3. The average Bonchev–Trinajstić information content (AvgIpc) is 3.09. The zero-order valence-corrected chi connectivity index (χ0v) is 24.5. The van der Waals surface area contributed by atoms with Crippen LogP contribution in [0.5, 0.6) is 0 Å². The Balaban J connectivity index is 1.55. The van der Waals surface area contributed by atoms with Crippen molar-refractivity contribution in [1.82, 2.24) is 0 Å². The van der Waals surface area contributed by atoms with Gasteiger partial charge >= 0.3 is 0 Å². The molecule has 3 saturated carbocycles. The van der Waals surface area contributed by atoms with E-state index in [2.05, 4.69) is 85.0 Å². The molecule has 1 aromatic rings. The Hall–Kier alpha value is -1.19. The third-order valence-electron chi connectivity index (χ3n) is 11.6. The number of rotatable bonds is 3. The molecule has 0 radical (unpaired) electrons. The van der Waals surface area contributed by atoms with Crippen LogP contribution in [0.25, 0.3) is 0 Å². The van der Waals surface area contributed by atoms with Crippen molar-refractivity contribution in [2.24, 2.45) is 28.6 Å². The van der Waals surface area contributed by atoms with E-state index in [9.17, 15) is 4.79 Å². The number of Topliss-reactive ketones (excluding diaryl/α,β-unsaturated/α-hetero) is 1. The third kappa shape index (κ3) is 4.04. The van der Waals surface area contributed by atoms with Gasteiger partial charge in [0, 0.05) is 18.8 Å². The lowest BCUT2D eigenvalue weighted by Crippen LogP contribution is -2.55. The monoisotopic (exact) mass is 492 g/mol. The second kappa shape index (κ2) is 8.41. The molecule has 0 aromatic heterocycles. The molecule has 0 spiro atoms. The molecule has 1 aromatic carbocycles. The summed E-state index contributed by atoms with van der Waals surface area (Å²) in [4.78, 5) is 12.5. The minimum atomic E-state index is -1.82. The highest BCUT2D eigenvalue weighted by molar-refractivity contribution is 6.74. The minimum Gasteiger partial charge on any atom is -0.413 e. The highest BCUT2D eigenvalue weighted by atomic mass is 28.4. The summed E-state index contributed by atoms with van der Waals surface area (Å²) in [5, 5.41) is 0.244. The SMILES string of the molecule is Cc1ccc(C2C=C3CC(=O)CC[C@]3(C)[C@@H]3CC[C@]4(C)C(O[Si](C)(C)C(C)(C)C)CC[C@H]4[C@H]23)cc1. The van der Waals surface area contributed by atoms with Gasteiger partial charge in [0.15, 0.2) is 8.32 Å². The highest BCUT2D eigenvalue weighted by Crippen LogP contribution is 2.68. The molecule has 7 atom stereocenters. The van der Waals surface area contributed by atoms with Crippen molar-refractivity contribution in [3.63, 3.8) is 0 Å². The number of allylic oxidation sites excluding steroid dienone is 2. The normalized spacial score (nSPS) is 39.5. The Labute approximate surface area is 215 Å². The van der Waals surface area contributed by atoms with E-state index >= 15 is 0 Å². The van der Waals surface area contributed by atoms with Crippen molar-refractivity contribution >= 4 is 14.1 Å².